The number of H-pyrrole nitrogens is 2. The zero-order valence-corrected chi connectivity index (χ0v) is 24.0. The van der Waals surface area contributed by atoms with Gasteiger partial charge in [0.1, 0.15) is 5.39 Å². The Kier molecular flexibility index (Phi) is 5.80. The third-order valence-electron chi connectivity index (χ3n) is 9.17. The molecule has 3 N–H and O–H groups in total. The van der Waals surface area contributed by atoms with Crippen LogP contribution in [0.25, 0.3) is 11.0 Å². The van der Waals surface area contributed by atoms with E-state index in [0.29, 0.717) is 17.0 Å². The van der Waals surface area contributed by atoms with Gasteiger partial charge in [0.2, 0.25) is 5.95 Å². The van der Waals surface area contributed by atoms with Crippen LogP contribution in [-0.2, 0) is 22.8 Å². The maximum absolute atomic E-state index is 13.5. The van der Waals surface area contributed by atoms with Crippen LogP contribution in [0.1, 0.15) is 75.0 Å². The summed E-state index contributed by atoms with van der Waals surface area (Å²) in [5, 5.41) is 8.23. The molecule has 9 nitrogen and oxygen atoms in total. The van der Waals surface area contributed by atoms with Crippen molar-refractivity contribution in [2.45, 2.75) is 69.1 Å². The van der Waals surface area contributed by atoms with Crippen molar-refractivity contribution >= 4 is 28.0 Å². The Labute approximate surface area is 235 Å². The van der Waals surface area contributed by atoms with Gasteiger partial charge in [0, 0.05) is 30.4 Å². The lowest BCUT2D eigenvalue weighted by Gasteiger charge is -2.43. The highest BCUT2D eigenvalue weighted by molar-refractivity contribution is 7.84. The van der Waals surface area contributed by atoms with Crippen molar-refractivity contribution in [3.05, 3.63) is 81.5 Å². The monoisotopic (exact) mass is 557 g/mol. The molecule has 2 fully saturated rings. The van der Waals surface area contributed by atoms with Crippen LogP contribution >= 0.6 is 0 Å². The summed E-state index contributed by atoms with van der Waals surface area (Å²) in [5.41, 5.74) is 4.34. The normalized spacial score (nSPS) is 22.0. The number of nitrogens with one attached hydrogen (secondary N) is 3. The quantitative estimate of drug-likeness (QED) is 0.341. The molecule has 0 bridgehead atoms. The van der Waals surface area contributed by atoms with E-state index in [1.807, 2.05) is 51.2 Å². The van der Waals surface area contributed by atoms with E-state index in [9.17, 15) is 9.00 Å². The predicted octanol–water partition coefficient (Wildman–Crippen LogP) is 4.06. The first kappa shape index (κ1) is 25.6. The van der Waals surface area contributed by atoms with Crippen LogP contribution in [0.2, 0.25) is 0 Å². The summed E-state index contributed by atoms with van der Waals surface area (Å²) in [7, 11) is -1.20. The number of pyridine rings is 1. The number of piperidine rings is 1. The number of hydrogen-bond donors (Lipinski definition) is 3. The maximum atomic E-state index is 13.5. The van der Waals surface area contributed by atoms with Gasteiger partial charge >= 0.3 is 0 Å². The van der Waals surface area contributed by atoms with Gasteiger partial charge in [0.25, 0.3) is 5.56 Å². The number of hydrogen-bond acceptors (Lipinski definition) is 6. The fraction of sp³-hybridized carbons (Fsp3) is 0.467. The zero-order chi connectivity index (χ0) is 27.7. The van der Waals surface area contributed by atoms with Crippen LogP contribution in [-0.4, -0.2) is 47.2 Å². The Hall–Kier alpha value is -3.37. The molecule has 1 unspecified atom stereocenters. The van der Waals surface area contributed by atoms with Gasteiger partial charge in [-0.25, -0.2) is 8.93 Å². The van der Waals surface area contributed by atoms with Crippen molar-refractivity contribution < 1.29 is 4.21 Å². The summed E-state index contributed by atoms with van der Waals surface area (Å²) in [4.78, 5) is 28.2. The number of aromatic nitrogens is 5. The topological polar surface area (TPSA) is 120 Å². The van der Waals surface area contributed by atoms with Crippen molar-refractivity contribution in [3.63, 3.8) is 0 Å². The fourth-order valence-corrected chi connectivity index (χ4v) is 7.65. The first-order chi connectivity index (χ1) is 19.2. The lowest BCUT2D eigenvalue weighted by Crippen LogP contribution is -2.48. The lowest BCUT2D eigenvalue weighted by atomic mass is 9.73. The fourth-order valence-electron chi connectivity index (χ4n) is 6.71. The van der Waals surface area contributed by atoms with Crippen LogP contribution in [0.5, 0.6) is 0 Å². The molecule has 2 atom stereocenters. The van der Waals surface area contributed by atoms with E-state index in [-0.39, 0.29) is 27.2 Å². The molecular formula is C30H35N7O2S. The lowest BCUT2D eigenvalue weighted by molar-refractivity contribution is 0.176. The van der Waals surface area contributed by atoms with Gasteiger partial charge in [-0.1, -0.05) is 36.4 Å². The molecule has 3 aliphatic rings. The molecule has 1 aliphatic heterocycles. The van der Waals surface area contributed by atoms with Gasteiger partial charge in [0.05, 0.1) is 27.5 Å². The molecule has 40 heavy (non-hydrogen) atoms. The molecular weight excluding hydrogens is 522 g/mol. The Morgan fingerprint density at radius 1 is 1.05 bits per heavy atom. The second-order valence-corrected chi connectivity index (χ2v) is 14.6. The second kappa shape index (κ2) is 9.07. The first-order valence-electron chi connectivity index (χ1n) is 14.1. The molecule has 2 aliphatic carbocycles. The summed E-state index contributed by atoms with van der Waals surface area (Å²) in [6, 6.07) is 14.4. The van der Waals surface area contributed by atoms with E-state index in [1.54, 1.807) is 0 Å². The van der Waals surface area contributed by atoms with Crippen molar-refractivity contribution in [1.29, 1.82) is 0 Å². The molecule has 3 aromatic heterocycles. The zero-order valence-electron chi connectivity index (χ0n) is 23.2. The number of benzene rings is 1. The van der Waals surface area contributed by atoms with Gasteiger partial charge in [0.15, 0.2) is 5.65 Å². The summed E-state index contributed by atoms with van der Waals surface area (Å²) in [6.45, 7) is 7.44. The van der Waals surface area contributed by atoms with E-state index in [0.717, 1.165) is 62.1 Å². The van der Waals surface area contributed by atoms with Crippen molar-refractivity contribution in [2.75, 3.05) is 18.0 Å². The van der Waals surface area contributed by atoms with Crippen LogP contribution in [0.4, 0.5) is 5.95 Å². The minimum absolute atomic E-state index is 0.0329. The summed E-state index contributed by atoms with van der Waals surface area (Å²) >= 11 is 0. The van der Waals surface area contributed by atoms with Crippen molar-refractivity contribution in [1.82, 2.24) is 29.9 Å². The number of rotatable bonds is 5. The van der Waals surface area contributed by atoms with Crippen LogP contribution in [0, 0.1) is 5.41 Å². The smallest absolute Gasteiger partial charge is 0.263 e. The summed E-state index contributed by atoms with van der Waals surface area (Å²) < 4.78 is 16.3. The highest BCUT2D eigenvalue weighted by atomic mass is 32.2. The van der Waals surface area contributed by atoms with Crippen LogP contribution in [0.3, 0.4) is 0 Å². The van der Waals surface area contributed by atoms with Gasteiger partial charge < -0.3 is 4.90 Å². The summed E-state index contributed by atoms with van der Waals surface area (Å²) in [6.07, 6.45) is 6.39. The molecule has 4 heterocycles. The number of fused-ring (bicyclic) bond motifs is 2. The van der Waals surface area contributed by atoms with E-state index < -0.39 is 11.0 Å². The highest BCUT2D eigenvalue weighted by Gasteiger charge is 2.51. The largest absolute Gasteiger partial charge is 0.342 e. The minimum atomic E-state index is -1.20. The first-order valence-corrected chi connectivity index (χ1v) is 15.3. The number of anilines is 1. The molecule has 208 valence electrons. The van der Waals surface area contributed by atoms with Crippen LogP contribution < -0.4 is 15.2 Å². The van der Waals surface area contributed by atoms with Crippen molar-refractivity contribution in [3.8, 4) is 0 Å². The molecule has 1 spiro atoms. The second-order valence-electron chi connectivity index (χ2n) is 12.6. The molecule has 7 rings (SSSR count). The molecule has 4 aromatic rings. The van der Waals surface area contributed by atoms with Gasteiger partial charge in [-0.2, -0.15) is 10.1 Å². The average Bonchev–Trinajstić information content (AvgIpc) is 3.55. The Morgan fingerprint density at radius 3 is 2.50 bits per heavy atom. The third-order valence-corrected chi connectivity index (χ3v) is 10.7. The van der Waals surface area contributed by atoms with Crippen LogP contribution in [0.15, 0.2) is 53.5 Å². The molecule has 0 amide bonds. The summed E-state index contributed by atoms with van der Waals surface area (Å²) in [5.74, 6) is 0.561. The number of nitrogens with zero attached hydrogens (tertiary/aromatic N) is 4. The Morgan fingerprint density at radius 2 is 1.80 bits per heavy atom. The molecule has 1 aromatic carbocycles. The van der Waals surface area contributed by atoms with Gasteiger partial charge in [-0.3, -0.25) is 19.9 Å². The van der Waals surface area contributed by atoms with E-state index in [1.165, 1.54) is 5.56 Å². The highest BCUT2D eigenvalue weighted by Crippen LogP contribution is 2.54. The van der Waals surface area contributed by atoms with Gasteiger partial charge in [-0.15, -0.1) is 0 Å². The third kappa shape index (κ3) is 4.03. The Balaban J connectivity index is 1.15. The molecule has 1 saturated carbocycles. The van der Waals surface area contributed by atoms with E-state index >= 15 is 0 Å². The van der Waals surface area contributed by atoms with E-state index in [4.69, 9.17) is 4.98 Å². The number of aromatic amines is 2. The minimum Gasteiger partial charge on any atom is -0.342 e. The SMILES string of the molecule is CC(C)(C)S(=O)N[C@@H]1c2cccnc2CC12CCN(c1nc3n[nH]c(C4(c5ccccc5)CC4)c3c(=O)[nH]1)CC2. The van der Waals surface area contributed by atoms with Crippen molar-refractivity contribution in [2.24, 2.45) is 5.41 Å². The van der Waals surface area contributed by atoms with E-state index in [2.05, 4.69) is 48.0 Å². The molecule has 1 saturated heterocycles. The standard InChI is InChI=1S/C30H35N7O2S/c1-28(2,3)40(39)36-23-20-10-7-15-31-21(20)18-29(23)13-16-37(17-14-29)27-32-25-22(26(38)33-27)24(34-35-25)30(11-12-30)19-8-5-4-6-9-19/h4-10,15,23,36H,11-14,16-18H2,1-3H3,(H2,32,33,34,35,38)/t23-,40?/m1/s1. The van der Waals surface area contributed by atoms with Gasteiger partial charge in [-0.05, 0) is 75.5 Å². The maximum Gasteiger partial charge on any atom is 0.263 e. The molecule has 10 heteroatoms. The average molecular weight is 558 g/mol. The Bertz CT molecular complexity index is 1660. The molecule has 0 radical (unpaired) electrons. The predicted molar refractivity (Wildman–Crippen MR) is 157 cm³/mol.